The van der Waals surface area contributed by atoms with Gasteiger partial charge in [0.05, 0.1) is 24.3 Å². The summed E-state index contributed by atoms with van der Waals surface area (Å²) in [4.78, 5) is 0. The SMILES string of the molecule is COc1cc(CN)cc(Br)c1OCCCCC#N. The van der Waals surface area contributed by atoms with Gasteiger partial charge in [-0.05, 0) is 46.5 Å². The number of unbranched alkanes of at least 4 members (excludes halogenated alkanes) is 2. The molecule has 2 N–H and O–H groups in total. The molecular formula is C13H17BrN2O2. The zero-order valence-corrected chi connectivity index (χ0v) is 12.0. The predicted molar refractivity (Wildman–Crippen MR) is 73.5 cm³/mol. The van der Waals surface area contributed by atoms with Crippen molar-refractivity contribution in [2.75, 3.05) is 13.7 Å². The highest BCUT2D eigenvalue weighted by Gasteiger charge is 2.10. The summed E-state index contributed by atoms with van der Waals surface area (Å²) < 4.78 is 11.8. The molecular weight excluding hydrogens is 296 g/mol. The molecule has 0 unspecified atom stereocenters. The summed E-state index contributed by atoms with van der Waals surface area (Å²) in [6, 6.07) is 5.91. The van der Waals surface area contributed by atoms with E-state index < -0.39 is 0 Å². The average Bonchev–Trinajstić information content (AvgIpc) is 2.39. The second-order valence-corrected chi connectivity index (χ2v) is 4.63. The summed E-state index contributed by atoms with van der Waals surface area (Å²) >= 11 is 3.45. The second-order valence-electron chi connectivity index (χ2n) is 3.78. The van der Waals surface area contributed by atoms with Crippen LogP contribution in [-0.4, -0.2) is 13.7 Å². The van der Waals surface area contributed by atoms with Gasteiger partial charge in [-0.25, -0.2) is 0 Å². The molecule has 0 atom stereocenters. The largest absolute Gasteiger partial charge is 0.493 e. The van der Waals surface area contributed by atoms with Gasteiger partial charge in [-0.3, -0.25) is 0 Å². The summed E-state index contributed by atoms with van der Waals surface area (Å²) in [5.41, 5.74) is 6.58. The molecule has 18 heavy (non-hydrogen) atoms. The number of methoxy groups -OCH3 is 1. The summed E-state index contributed by atoms with van der Waals surface area (Å²) in [7, 11) is 1.60. The molecule has 0 saturated heterocycles. The van der Waals surface area contributed by atoms with E-state index in [1.165, 1.54) is 0 Å². The van der Waals surface area contributed by atoms with Crippen LogP contribution in [0, 0.1) is 11.3 Å². The Kier molecular flexibility index (Phi) is 6.55. The number of hydrogen-bond donors (Lipinski definition) is 1. The van der Waals surface area contributed by atoms with Crippen LogP contribution in [0.25, 0.3) is 0 Å². The van der Waals surface area contributed by atoms with Crippen LogP contribution in [0.4, 0.5) is 0 Å². The van der Waals surface area contributed by atoms with Crippen molar-refractivity contribution in [1.82, 2.24) is 0 Å². The van der Waals surface area contributed by atoms with Crippen LogP contribution >= 0.6 is 15.9 Å². The van der Waals surface area contributed by atoms with Crippen molar-refractivity contribution >= 4 is 15.9 Å². The summed E-state index contributed by atoms with van der Waals surface area (Å²) in [6.45, 7) is 1.02. The van der Waals surface area contributed by atoms with Crippen molar-refractivity contribution in [2.45, 2.75) is 25.8 Å². The Bertz CT molecular complexity index is 430. The van der Waals surface area contributed by atoms with Gasteiger partial charge in [0.1, 0.15) is 0 Å². The van der Waals surface area contributed by atoms with Gasteiger partial charge in [-0.2, -0.15) is 5.26 Å². The quantitative estimate of drug-likeness (QED) is 0.786. The Labute approximate surface area is 116 Å². The highest BCUT2D eigenvalue weighted by molar-refractivity contribution is 9.10. The van der Waals surface area contributed by atoms with Crippen LogP contribution in [-0.2, 0) is 6.54 Å². The number of halogens is 1. The molecule has 1 rings (SSSR count). The molecule has 5 heteroatoms. The summed E-state index contributed by atoms with van der Waals surface area (Å²) in [5, 5.41) is 8.44. The minimum atomic E-state index is 0.456. The molecule has 0 spiro atoms. The lowest BCUT2D eigenvalue weighted by atomic mass is 10.2. The van der Waals surface area contributed by atoms with E-state index in [0.717, 1.165) is 22.9 Å². The van der Waals surface area contributed by atoms with E-state index in [4.69, 9.17) is 20.5 Å². The lowest BCUT2D eigenvalue weighted by Crippen LogP contribution is -2.02. The zero-order valence-electron chi connectivity index (χ0n) is 10.4. The first-order valence-corrected chi connectivity index (χ1v) is 6.58. The first-order chi connectivity index (χ1) is 8.72. The van der Waals surface area contributed by atoms with Crippen LogP contribution in [0.1, 0.15) is 24.8 Å². The lowest BCUT2D eigenvalue weighted by Gasteiger charge is -2.13. The van der Waals surface area contributed by atoms with E-state index in [-0.39, 0.29) is 0 Å². The molecule has 0 aliphatic rings. The molecule has 0 heterocycles. The Morgan fingerprint density at radius 2 is 2.17 bits per heavy atom. The Morgan fingerprint density at radius 1 is 1.39 bits per heavy atom. The molecule has 0 aromatic heterocycles. The maximum atomic E-state index is 8.44. The maximum Gasteiger partial charge on any atom is 0.175 e. The van der Waals surface area contributed by atoms with Gasteiger partial charge in [0, 0.05) is 13.0 Å². The molecule has 1 aromatic carbocycles. The van der Waals surface area contributed by atoms with E-state index in [1.807, 2.05) is 12.1 Å². The van der Waals surface area contributed by atoms with Crippen molar-refractivity contribution < 1.29 is 9.47 Å². The van der Waals surface area contributed by atoms with Crippen molar-refractivity contribution in [1.29, 1.82) is 5.26 Å². The summed E-state index contributed by atoms with van der Waals surface area (Å²) in [6.07, 6.45) is 2.26. The smallest absolute Gasteiger partial charge is 0.175 e. The predicted octanol–water partition coefficient (Wildman–Crippen LogP) is 2.99. The van der Waals surface area contributed by atoms with Gasteiger partial charge < -0.3 is 15.2 Å². The molecule has 0 aliphatic heterocycles. The second kappa shape index (κ2) is 7.96. The van der Waals surface area contributed by atoms with Crippen LogP contribution in [0.2, 0.25) is 0 Å². The number of ether oxygens (including phenoxy) is 2. The first-order valence-electron chi connectivity index (χ1n) is 5.79. The number of nitrogens with zero attached hydrogens (tertiary/aromatic N) is 1. The van der Waals surface area contributed by atoms with Gasteiger partial charge in [-0.1, -0.05) is 0 Å². The zero-order chi connectivity index (χ0) is 13.4. The van der Waals surface area contributed by atoms with E-state index in [9.17, 15) is 0 Å². The molecule has 0 saturated carbocycles. The average molecular weight is 313 g/mol. The van der Waals surface area contributed by atoms with Crippen LogP contribution < -0.4 is 15.2 Å². The Hall–Kier alpha value is -1.25. The van der Waals surface area contributed by atoms with Gasteiger partial charge in [0.15, 0.2) is 11.5 Å². The van der Waals surface area contributed by atoms with Gasteiger partial charge in [0.2, 0.25) is 0 Å². The van der Waals surface area contributed by atoms with Crippen molar-refractivity contribution in [3.8, 4) is 17.6 Å². The van der Waals surface area contributed by atoms with Crippen LogP contribution in [0.3, 0.4) is 0 Å². The molecule has 98 valence electrons. The third-order valence-corrected chi connectivity index (χ3v) is 3.04. The van der Waals surface area contributed by atoms with Crippen molar-refractivity contribution in [3.63, 3.8) is 0 Å². The number of benzene rings is 1. The molecule has 0 bridgehead atoms. The Balaban J connectivity index is 2.67. The Morgan fingerprint density at radius 3 is 2.78 bits per heavy atom. The minimum absolute atomic E-state index is 0.456. The minimum Gasteiger partial charge on any atom is -0.493 e. The lowest BCUT2D eigenvalue weighted by molar-refractivity contribution is 0.285. The third kappa shape index (κ3) is 4.21. The molecule has 1 aromatic rings. The fourth-order valence-corrected chi connectivity index (χ4v) is 2.12. The van der Waals surface area contributed by atoms with E-state index in [2.05, 4.69) is 22.0 Å². The van der Waals surface area contributed by atoms with E-state index in [0.29, 0.717) is 31.1 Å². The molecule has 0 radical (unpaired) electrons. The van der Waals surface area contributed by atoms with Crippen molar-refractivity contribution in [3.05, 3.63) is 22.2 Å². The van der Waals surface area contributed by atoms with Gasteiger partial charge in [0.25, 0.3) is 0 Å². The monoisotopic (exact) mass is 312 g/mol. The van der Waals surface area contributed by atoms with E-state index >= 15 is 0 Å². The number of nitriles is 1. The number of rotatable bonds is 7. The molecule has 0 fully saturated rings. The number of nitrogens with two attached hydrogens (primary N) is 1. The van der Waals surface area contributed by atoms with Crippen LogP contribution in [0.5, 0.6) is 11.5 Å². The highest BCUT2D eigenvalue weighted by Crippen LogP contribution is 2.36. The van der Waals surface area contributed by atoms with Gasteiger partial charge in [-0.15, -0.1) is 0 Å². The van der Waals surface area contributed by atoms with Crippen LogP contribution in [0.15, 0.2) is 16.6 Å². The number of hydrogen-bond acceptors (Lipinski definition) is 4. The molecule has 0 aliphatic carbocycles. The first kappa shape index (κ1) is 14.8. The standard InChI is InChI=1S/C13H17BrN2O2/c1-17-12-8-10(9-16)7-11(14)13(12)18-6-4-2-3-5-15/h7-8H,2-4,6,9,16H2,1H3. The fraction of sp³-hybridized carbons (Fsp3) is 0.462. The van der Waals surface area contributed by atoms with Gasteiger partial charge >= 0.3 is 0 Å². The maximum absolute atomic E-state index is 8.44. The topological polar surface area (TPSA) is 68.3 Å². The fourth-order valence-electron chi connectivity index (χ4n) is 1.51. The highest BCUT2D eigenvalue weighted by atomic mass is 79.9. The van der Waals surface area contributed by atoms with E-state index in [1.54, 1.807) is 7.11 Å². The molecule has 0 amide bonds. The third-order valence-electron chi connectivity index (χ3n) is 2.45. The van der Waals surface area contributed by atoms with Crippen molar-refractivity contribution in [2.24, 2.45) is 5.73 Å². The summed E-state index contributed by atoms with van der Waals surface area (Å²) in [5.74, 6) is 1.36. The normalized spacial score (nSPS) is 9.89. The molecule has 4 nitrogen and oxygen atoms in total.